The molecule has 0 saturated carbocycles. The smallest absolute Gasteiger partial charge is 0.244 e. The summed E-state index contributed by atoms with van der Waals surface area (Å²) in [7, 11) is -3.47. The van der Waals surface area contributed by atoms with E-state index in [1.54, 1.807) is 16.4 Å². The van der Waals surface area contributed by atoms with Crippen molar-refractivity contribution in [3.8, 4) is 0 Å². The third-order valence-electron chi connectivity index (χ3n) is 4.16. The first-order valence-corrected chi connectivity index (χ1v) is 8.47. The second-order valence-corrected chi connectivity index (χ2v) is 7.71. The fourth-order valence-corrected chi connectivity index (χ4v) is 4.59. The summed E-state index contributed by atoms with van der Waals surface area (Å²) in [6.07, 6.45) is 2.48. The monoisotopic (exact) mass is 297 g/mol. The van der Waals surface area contributed by atoms with E-state index in [4.69, 9.17) is 5.73 Å². The van der Waals surface area contributed by atoms with Crippen LogP contribution in [0.2, 0.25) is 0 Å². The van der Waals surface area contributed by atoms with Gasteiger partial charge in [0.25, 0.3) is 0 Å². The number of piperidine rings is 1. The highest BCUT2D eigenvalue weighted by Gasteiger charge is 2.37. The first-order chi connectivity index (χ1) is 9.36. The normalized spacial score (nSPS) is 28.5. The molecule has 1 aliphatic heterocycles. The Labute approximate surface area is 121 Å². The minimum Gasteiger partial charge on any atom is -0.325 e. The quantitative estimate of drug-likeness (QED) is 0.919. The summed E-state index contributed by atoms with van der Waals surface area (Å²) in [6, 6.07) is 3.29. The summed E-state index contributed by atoms with van der Waals surface area (Å²) in [4.78, 5) is 4.34. The summed E-state index contributed by atoms with van der Waals surface area (Å²) in [5.74, 6) is 0.747. The number of hydrogen-bond donors (Lipinski definition) is 1. The van der Waals surface area contributed by atoms with E-state index in [1.165, 1.54) is 6.20 Å². The topological polar surface area (TPSA) is 76.3 Å². The summed E-state index contributed by atoms with van der Waals surface area (Å²) >= 11 is 0. The molecule has 6 heteroatoms. The molecule has 2 heterocycles. The lowest BCUT2D eigenvalue weighted by atomic mass is 9.88. The molecule has 1 aromatic heterocycles. The summed E-state index contributed by atoms with van der Waals surface area (Å²) < 4.78 is 27.1. The van der Waals surface area contributed by atoms with Crippen LogP contribution >= 0.6 is 0 Å². The first kappa shape index (κ1) is 15.4. The van der Waals surface area contributed by atoms with Crippen LogP contribution in [0.3, 0.4) is 0 Å². The minimum atomic E-state index is -3.47. The van der Waals surface area contributed by atoms with Crippen LogP contribution < -0.4 is 5.73 Å². The zero-order chi connectivity index (χ0) is 14.9. The van der Waals surface area contributed by atoms with Gasteiger partial charge in [0.05, 0.1) is 5.69 Å². The van der Waals surface area contributed by atoms with E-state index in [1.807, 2.05) is 6.92 Å². The summed E-state index contributed by atoms with van der Waals surface area (Å²) in [6.45, 7) is 7.08. The molecule has 1 saturated heterocycles. The van der Waals surface area contributed by atoms with Crippen LogP contribution in [-0.4, -0.2) is 30.3 Å². The van der Waals surface area contributed by atoms with Crippen molar-refractivity contribution < 1.29 is 8.42 Å². The van der Waals surface area contributed by atoms with Crippen LogP contribution in [0.4, 0.5) is 0 Å². The molecule has 1 aromatic rings. The second-order valence-electron chi connectivity index (χ2n) is 5.82. The van der Waals surface area contributed by atoms with Crippen LogP contribution in [0.5, 0.6) is 0 Å². The maximum atomic E-state index is 12.7. The molecule has 1 fully saturated rings. The van der Waals surface area contributed by atoms with Crippen LogP contribution in [-0.2, 0) is 16.6 Å². The van der Waals surface area contributed by atoms with Gasteiger partial charge in [-0.25, -0.2) is 8.42 Å². The molecule has 0 aliphatic carbocycles. The van der Waals surface area contributed by atoms with Gasteiger partial charge in [-0.2, -0.15) is 4.31 Å². The van der Waals surface area contributed by atoms with E-state index in [0.717, 1.165) is 6.42 Å². The van der Waals surface area contributed by atoms with Crippen molar-refractivity contribution >= 4 is 10.0 Å². The number of rotatable bonds is 3. The van der Waals surface area contributed by atoms with Gasteiger partial charge in [0, 0.05) is 25.3 Å². The van der Waals surface area contributed by atoms with Gasteiger partial charge in [-0.3, -0.25) is 4.98 Å². The number of pyridine rings is 1. The van der Waals surface area contributed by atoms with Crippen molar-refractivity contribution in [3.63, 3.8) is 0 Å². The maximum Gasteiger partial charge on any atom is 0.244 e. The molecule has 5 nitrogen and oxygen atoms in total. The van der Waals surface area contributed by atoms with Gasteiger partial charge in [0.15, 0.2) is 0 Å². The molecule has 2 N–H and O–H groups in total. The van der Waals surface area contributed by atoms with Gasteiger partial charge in [-0.05, 0) is 37.3 Å². The second kappa shape index (κ2) is 5.79. The predicted octanol–water partition coefficient (Wildman–Crippen LogP) is 1.60. The number of hydrogen-bond acceptors (Lipinski definition) is 4. The number of sulfonamides is 1. The Morgan fingerprint density at radius 2 is 2.05 bits per heavy atom. The average molecular weight is 297 g/mol. The highest BCUT2D eigenvalue weighted by atomic mass is 32.2. The fraction of sp³-hybridized carbons (Fsp3) is 0.643. The van der Waals surface area contributed by atoms with E-state index in [-0.39, 0.29) is 10.9 Å². The van der Waals surface area contributed by atoms with Crippen LogP contribution in [0.1, 0.15) is 32.9 Å². The van der Waals surface area contributed by atoms with E-state index in [0.29, 0.717) is 30.6 Å². The van der Waals surface area contributed by atoms with Gasteiger partial charge >= 0.3 is 0 Å². The standard InChI is InChI=1S/C14H23N3O2S/c1-10-6-11(2)12(3)17(9-10)20(18,19)14-5-4-13(7-15)16-8-14/h4-5,8,10-12H,6-7,9,15H2,1-3H3. The molecule has 0 bridgehead atoms. The molecular weight excluding hydrogens is 274 g/mol. The Kier molecular flexibility index (Phi) is 4.46. The van der Waals surface area contributed by atoms with E-state index >= 15 is 0 Å². The Morgan fingerprint density at radius 1 is 1.35 bits per heavy atom. The SMILES string of the molecule is CC1CC(C)C(C)N(S(=O)(=O)c2ccc(CN)nc2)C1. The van der Waals surface area contributed by atoms with Crippen molar-refractivity contribution in [2.75, 3.05) is 6.54 Å². The lowest BCUT2D eigenvalue weighted by Crippen LogP contribution is -2.48. The highest BCUT2D eigenvalue weighted by Crippen LogP contribution is 2.31. The lowest BCUT2D eigenvalue weighted by Gasteiger charge is -2.39. The maximum absolute atomic E-state index is 12.7. The average Bonchev–Trinajstić information content (AvgIpc) is 2.42. The van der Waals surface area contributed by atoms with Gasteiger partial charge < -0.3 is 5.73 Å². The molecule has 3 atom stereocenters. The third-order valence-corrected chi connectivity index (χ3v) is 6.09. The van der Waals surface area contributed by atoms with Gasteiger partial charge in [0.1, 0.15) is 4.90 Å². The van der Waals surface area contributed by atoms with Crippen molar-refractivity contribution in [1.82, 2.24) is 9.29 Å². The summed E-state index contributed by atoms with van der Waals surface area (Å²) in [5.41, 5.74) is 6.18. The van der Waals surface area contributed by atoms with Gasteiger partial charge in [-0.15, -0.1) is 0 Å². The molecule has 20 heavy (non-hydrogen) atoms. The third kappa shape index (κ3) is 2.87. The zero-order valence-electron chi connectivity index (χ0n) is 12.3. The Morgan fingerprint density at radius 3 is 2.60 bits per heavy atom. The van der Waals surface area contributed by atoms with Crippen molar-refractivity contribution in [2.45, 2.75) is 44.7 Å². The molecule has 0 radical (unpaired) electrons. The molecule has 0 spiro atoms. The van der Waals surface area contributed by atoms with E-state index in [9.17, 15) is 8.42 Å². The van der Waals surface area contributed by atoms with Crippen molar-refractivity contribution in [1.29, 1.82) is 0 Å². The van der Waals surface area contributed by atoms with E-state index < -0.39 is 10.0 Å². The number of nitrogens with two attached hydrogens (primary N) is 1. The molecule has 112 valence electrons. The molecule has 3 unspecified atom stereocenters. The molecule has 2 rings (SSSR count). The molecule has 0 amide bonds. The molecular formula is C14H23N3O2S. The zero-order valence-corrected chi connectivity index (χ0v) is 13.1. The van der Waals surface area contributed by atoms with Crippen LogP contribution in [0.25, 0.3) is 0 Å². The largest absolute Gasteiger partial charge is 0.325 e. The van der Waals surface area contributed by atoms with Gasteiger partial charge in [0.2, 0.25) is 10.0 Å². The van der Waals surface area contributed by atoms with Crippen molar-refractivity contribution in [3.05, 3.63) is 24.0 Å². The number of aromatic nitrogens is 1. The van der Waals surface area contributed by atoms with Gasteiger partial charge in [-0.1, -0.05) is 13.8 Å². The van der Waals surface area contributed by atoms with E-state index in [2.05, 4.69) is 18.8 Å². The molecule has 1 aliphatic rings. The predicted molar refractivity (Wildman–Crippen MR) is 78.4 cm³/mol. The first-order valence-electron chi connectivity index (χ1n) is 7.03. The fourth-order valence-electron chi connectivity index (χ4n) is 2.80. The van der Waals surface area contributed by atoms with Crippen LogP contribution in [0, 0.1) is 11.8 Å². The minimum absolute atomic E-state index is 0.0189. The summed E-state index contributed by atoms with van der Waals surface area (Å²) in [5, 5.41) is 0. The highest BCUT2D eigenvalue weighted by molar-refractivity contribution is 7.89. The molecule has 0 aromatic carbocycles. The lowest BCUT2D eigenvalue weighted by molar-refractivity contribution is 0.157. The Bertz CT molecular complexity index is 556. The van der Waals surface area contributed by atoms with Crippen LogP contribution in [0.15, 0.2) is 23.2 Å². The number of nitrogens with zero attached hydrogens (tertiary/aromatic N) is 2. The Hall–Kier alpha value is -0.980. The van der Waals surface area contributed by atoms with Crippen molar-refractivity contribution in [2.24, 2.45) is 17.6 Å². The Balaban J connectivity index is 2.32.